The number of carbonyl (C=O) groups excluding carboxylic acids is 1. The van der Waals surface area contributed by atoms with Crippen LogP contribution in [0.2, 0.25) is 0 Å². The summed E-state index contributed by atoms with van der Waals surface area (Å²) in [6.45, 7) is 1.97. The number of nitrogens with one attached hydrogen (secondary N) is 2. The fourth-order valence-electron chi connectivity index (χ4n) is 0.687. The molecule has 0 aliphatic carbocycles. The van der Waals surface area contributed by atoms with Gasteiger partial charge >= 0.3 is 0 Å². The first-order valence-electron chi connectivity index (χ1n) is 3.27. The van der Waals surface area contributed by atoms with Gasteiger partial charge in [-0.15, -0.1) is 11.6 Å². The molecule has 0 saturated heterocycles. The summed E-state index contributed by atoms with van der Waals surface area (Å²) in [4.78, 5) is 10.2. The van der Waals surface area contributed by atoms with Crippen molar-refractivity contribution in [1.82, 2.24) is 10.9 Å². The fraction of sp³-hybridized carbons (Fsp3) is 0.833. The molecule has 0 amide bonds. The molecule has 0 aromatic carbocycles. The van der Waals surface area contributed by atoms with Crippen molar-refractivity contribution >= 4 is 17.9 Å². The van der Waals surface area contributed by atoms with E-state index in [1.807, 2.05) is 6.92 Å². The summed E-state index contributed by atoms with van der Waals surface area (Å²) in [6, 6.07) is 0.0177. The van der Waals surface area contributed by atoms with Gasteiger partial charge in [0.05, 0.1) is 0 Å². The Labute approximate surface area is 66.1 Å². The molecule has 10 heavy (non-hydrogen) atoms. The first-order chi connectivity index (χ1) is 4.76. The second-order valence-electron chi connectivity index (χ2n) is 1.99. The molecule has 1 unspecified atom stereocenters. The molecule has 0 bridgehead atoms. The van der Waals surface area contributed by atoms with E-state index in [-0.39, 0.29) is 6.04 Å². The summed E-state index contributed by atoms with van der Waals surface area (Å²) in [5.74, 6) is 0. The highest BCUT2D eigenvalue weighted by Crippen LogP contribution is 2.02. The van der Waals surface area contributed by atoms with E-state index in [1.165, 1.54) is 0 Å². The van der Waals surface area contributed by atoms with Crippen LogP contribution in [0.4, 0.5) is 0 Å². The zero-order valence-corrected chi connectivity index (χ0v) is 6.98. The number of hydrogen-bond acceptors (Lipinski definition) is 3. The molecule has 4 heteroatoms. The van der Waals surface area contributed by atoms with Crippen LogP contribution in [0.5, 0.6) is 0 Å². The van der Waals surface area contributed by atoms with Gasteiger partial charge in [-0.2, -0.15) is 0 Å². The van der Waals surface area contributed by atoms with Crippen molar-refractivity contribution in [2.75, 3.05) is 7.05 Å². The van der Waals surface area contributed by atoms with Crippen LogP contribution < -0.4 is 10.9 Å². The Balaban J connectivity index is 3.67. The van der Waals surface area contributed by atoms with E-state index < -0.39 is 5.38 Å². The van der Waals surface area contributed by atoms with Crippen molar-refractivity contribution in [2.45, 2.75) is 24.8 Å². The number of carbonyl (C=O) groups is 1. The summed E-state index contributed by atoms with van der Waals surface area (Å²) in [5.41, 5.74) is 5.61. The minimum atomic E-state index is -0.447. The fourth-order valence-corrected chi connectivity index (χ4v) is 0.928. The normalized spacial score (nSPS) is 16.3. The van der Waals surface area contributed by atoms with Crippen LogP contribution in [0.3, 0.4) is 0 Å². The molecule has 2 N–H and O–H groups in total. The third-order valence-corrected chi connectivity index (χ3v) is 1.69. The van der Waals surface area contributed by atoms with Crippen LogP contribution in [0.1, 0.15) is 13.3 Å². The number of aldehydes is 1. The Kier molecular flexibility index (Phi) is 5.58. The average molecular weight is 165 g/mol. The highest BCUT2D eigenvalue weighted by molar-refractivity contribution is 6.28. The summed E-state index contributed by atoms with van der Waals surface area (Å²) < 4.78 is 0. The van der Waals surface area contributed by atoms with Gasteiger partial charge in [-0.1, -0.05) is 6.92 Å². The monoisotopic (exact) mass is 164 g/mol. The Bertz CT molecular complexity index is 99.7. The van der Waals surface area contributed by atoms with E-state index >= 15 is 0 Å². The predicted octanol–water partition coefficient (Wildman–Crippen LogP) is 0.295. The van der Waals surface area contributed by atoms with Crippen LogP contribution in [-0.4, -0.2) is 24.8 Å². The van der Waals surface area contributed by atoms with Gasteiger partial charge in [0.15, 0.2) is 0 Å². The lowest BCUT2D eigenvalue weighted by molar-refractivity contribution is -0.108. The summed E-state index contributed by atoms with van der Waals surface area (Å²) >= 11 is 5.64. The van der Waals surface area contributed by atoms with Gasteiger partial charge in [0.2, 0.25) is 0 Å². The van der Waals surface area contributed by atoms with Gasteiger partial charge in [0, 0.05) is 6.04 Å². The second kappa shape index (κ2) is 5.65. The molecule has 0 radical (unpaired) electrons. The molecule has 0 aromatic rings. The second-order valence-corrected chi connectivity index (χ2v) is 2.49. The van der Waals surface area contributed by atoms with E-state index in [4.69, 9.17) is 11.6 Å². The SMILES string of the molecule is CC[C@H](NNC)C(Cl)C=O. The predicted molar refractivity (Wildman–Crippen MR) is 42.0 cm³/mol. The first kappa shape index (κ1) is 9.88. The van der Waals surface area contributed by atoms with Crippen LogP contribution in [0.25, 0.3) is 0 Å². The Hall–Kier alpha value is -0.120. The molecule has 2 atom stereocenters. The average Bonchev–Trinajstić information content (AvgIpc) is 1.99. The van der Waals surface area contributed by atoms with E-state index in [9.17, 15) is 4.79 Å². The van der Waals surface area contributed by atoms with Crippen LogP contribution >= 0.6 is 11.6 Å². The lowest BCUT2D eigenvalue weighted by Gasteiger charge is -2.16. The Morgan fingerprint density at radius 2 is 2.30 bits per heavy atom. The number of hydrogen-bond donors (Lipinski definition) is 2. The highest BCUT2D eigenvalue weighted by Gasteiger charge is 2.14. The molecule has 0 heterocycles. The van der Waals surface area contributed by atoms with E-state index in [0.717, 1.165) is 12.7 Å². The highest BCUT2D eigenvalue weighted by atomic mass is 35.5. The molecule has 0 saturated carbocycles. The molecular formula is C6H13ClN2O. The third kappa shape index (κ3) is 3.15. The summed E-state index contributed by atoms with van der Waals surface area (Å²) in [7, 11) is 1.75. The maximum Gasteiger partial charge on any atom is 0.139 e. The number of hydrazine groups is 1. The molecule has 0 rings (SSSR count). The summed E-state index contributed by atoms with van der Waals surface area (Å²) in [5, 5.41) is -0.447. The van der Waals surface area contributed by atoms with E-state index in [2.05, 4.69) is 10.9 Å². The molecule has 3 nitrogen and oxygen atoms in total. The van der Waals surface area contributed by atoms with Crippen LogP contribution in [0, 0.1) is 0 Å². The maximum atomic E-state index is 10.2. The van der Waals surface area contributed by atoms with Crippen LogP contribution in [-0.2, 0) is 4.79 Å². The van der Waals surface area contributed by atoms with E-state index in [1.54, 1.807) is 7.05 Å². The van der Waals surface area contributed by atoms with Crippen molar-refractivity contribution in [1.29, 1.82) is 0 Å². The topological polar surface area (TPSA) is 41.1 Å². The maximum absolute atomic E-state index is 10.2. The van der Waals surface area contributed by atoms with Gasteiger partial charge in [0.1, 0.15) is 11.7 Å². The minimum absolute atomic E-state index is 0.0177. The van der Waals surface area contributed by atoms with Crippen molar-refractivity contribution < 1.29 is 4.79 Å². The molecule has 0 fully saturated rings. The van der Waals surface area contributed by atoms with Gasteiger partial charge in [-0.05, 0) is 13.5 Å². The van der Waals surface area contributed by atoms with Gasteiger partial charge in [-0.25, -0.2) is 0 Å². The third-order valence-electron chi connectivity index (χ3n) is 1.28. The number of alkyl halides is 1. The zero-order valence-electron chi connectivity index (χ0n) is 6.23. The minimum Gasteiger partial charge on any atom is -0.302 e. The van der Waals surface area contributed by atoms with E-state index in [0.29, 0.717) is 0 Å². The lowest BCUT2D eigenvalue weighted by atomic mass is 10.2. The summed E-state index contributed by atoms with van der Waals surface area (Å²) in [6.07, 6.45) is 1.56. The lowest BCUT2D eigenvalue weighted by Crippen LogP contribution is -2.44. The largest absolute Gasteiger partial charge is 0.302 e. The molecular weight excluding hydrogens is 152 g/mol. The molecule has 0 spiro atoms. The smallest absolute Gasteiger partial charge is 0.139 e. The molecule has 60 valence electrons. The van der Waals surface area contributed by atoms with Gasteiger partial charge in [0.25, 0.3) is 0 Å². The van der Waals surface area contributed by atoms with Crippen molar-refractivity contribution in [2.24, 2.45) is 0 Å². The number of halogens is 1. The quantitative estimate of drug-likeness (QED) is 0.349. The van der Waals surface area contributed by atoms with Gasteiger partial charge in [-0.3, -0.25) is 10.9 Å². The molecule has 0 aliphatic rings. The van der Waals surface area contributed by atoms with Crippen molar-refractivity contribution in [3.63, 3.8) is 0 Å². The first-order valence-corrected chi connectivity index (χ1v) is 3.71. The van der Waals surface area contributed by atoms with Gasteiger partial charge < -0.3 is 4.79 Å². The van der Waals surface area contributed by atoms with Crippen molar-refractivity contribution in [3.05, 3.63) is 0 Å². The molecule has 0 aliphatic heterocycles. The van der Waals surface area contributed by atoms with Crippen LogP contribution in [0.15, 0.2) is 0 Å². The molecule has 0 aromatic heterocycles. The number of rotatable bonds is 5. The Morgan fingerprint density at radius 1 is 1.70 bits per heavy atom. The Morgan fingerprint density at radius 3 is 2.60 bits per heavy atom. The standard InChI is InChI=1S/C6H13ClN2O/c1-3-6(9-8-2)5(7)4-10/h4-6,8-9H,3H2,1-2H3/t5?,6-/m0/s1. The zero-order chi connectivity index (χ0) is 7.98. The van der Waals surface area contributed by atoms with Crippen molar-refractivity contribution in [3.8, 4) is 0 Å².